The van der Waals surface area contributed by atoms with Crippen LogP contribution in [-0.2, 0) is 12.8 Å². The molecule has 1 aromatic heterocycles. The van der Waals surface area contributed by atoms with Crippen LogP contribution in [-0.4, -0.2) is 43.9 Å². The molecule has 5 nitrogen and oxygen atoms in total. The van der Waals surface area contributed by atoms with Gasteiger partial charge in [-0.3, -0.25) is 4.90 Å². The van der Waals surface area contributed by atoms with Crippen LogP contribution in [0.25, 0.3) is 22.6 Å². The molecule has 0 N–H and O–H groups in total. The van der Waals surface area contributed by atoms with Gasteiger partial charge in [0.25, 0.3) is 0 Å². The van der Waals surface area contributed by atoms with Gasteiger partial charge in [-0.05, 0) is 42.7 Å². The standard InChI is InChI=1S/C24H25ClN2O3/c1-4-11-27-12-9-17-14-21(28-2)22(29-3)15-20(17)24-19(10-13-27)23(26-30-24)16-5-7-18(25)8-6-16/h4-8,14-15H,1,9-13H2,2-3H3. The lowest BCUT2D eigenvalue weighted by atomic mass is 9.96. The average molecular weight is 425 g/mol. The minimum absolute atomic E-state index is 0.675. The molecule has 3 aromatic rings. The molecule has 0 bridgehead atoms. The third-order valence-electron chi connectivity index (χ3n) is 5.52. The third-order valence-corrected chi connectivity index (χ3v) is 5.77. The van der Waals surface area contributed by atoms with Crippen LogP contribution in [0.4, 0.5) is 0 Å². The zero-order valence-electron chi connectivity index (χ0n) is 17.3. The molecule has 0 atom stereocenters. The normalized spacial score (nSPS) is 14.1. The van der Waals surface area contributed by atoms with Gasteiger partial charge in [-0.15, -0.1) is 6.58 Å². The topological polar surface area (TPSA) is 47.7 Å². The predicted octanol–water partition coefficient (Wildman–Crippen LogP) is 5.27. The Morgan fingerprint density at radius 3 is 2.50 bits per heavy atom. The number of benzene rings is 2. The molecule has 0 unspecified atom stereocenters. The summed E-state index contributed by atoms with van der Waals surface area (Å²) in [5.74, 6) is 2.18. The molecule has 30 heavy (non-hydrogen) atoms. The van der Waals surface area contributed by atoms with Gasteiger partial charge in [-0.25, -0.2) is 0 Å². The summed E-state index contributed by atoms with van der Waals surface area (Å²) in [5, 5.41) is 5.15. The number of halogens is 1. The SMILES string of the molecule is C=CCN1CCc2cc(OC)c(OC)cc2-c2onc(-c3ccc(Cl)cc3)c2CC1. The van der Waals surface area contributed by atoms with E-state index < -0.39 is 0 Å². The van der Waals surface area contributed by atoms with Crippen molar-refractivity contribution < 1.29 is 14.0 Å². The monoisotopic (exact) mass is 424 g/mol. The molecule has 4 rings (SSSR count). The number of aromatic nitrogens is 1. The Labute approximate surface area is 181 Å². The van der Waals surface area contributed by atoms with Crippen molar-refractivity contribution in [3.63, 3.8) is 0 Å². The van der Waals surface area contributed by atoms with Crippen LogP contribution < -0.4 is 9.47 Å². The van der Waals surface area contributed by atoms with Crippen molar-refractivity contribution in [1.29, 1.82) is 0 Å². The highest BCUT2D eigenvalue weighted by Crippen LogP contribution is 2.40. The van der Waals surface area contributed by atoms with Gasteiger partial charge >= 0.3 is 0 Å². The van der Waals surface area contributed by atoms with Gasteiger partial charge in [0.1, 0.15) is 5.69 Å². The van der Waals surface area contributed by atoms with Crippen molar-refractivity contribution in [1.82, 2.24) is 10.1 Å². The fourth-order valence-corrected chi connectivity index (χ4v) is 4.08. The first-order valence-corrected chi connectivity index (χ1v) is 10.4. The third kappa shape index (κ3) is 3.95. The van der Waals surface area contributed by atoms with Crippen molar-refractivity contribution in [3.8, 4) is 34.1 Å². The number of hydrogen-bond acceptors (Lipinski definition) is 5. The number of nitrogens with zero attached hydrogens (tertiary/aromatic N) is 2. The minimum atomic E-state index is 0.675. The molecular weight excluding hydrogens is 400 g/mol. The van der Waals surface area contributed by atoms with E-state index in [4.69, 9.17) is 25.6 Å². The van der Waals surface area contributed by atoms with Crippen LogP contribution in [0.5, 0.6) is 11.5 Å². The van der Waals surface area contributed by atoms with E-state index >= 15 is 0 Å². The highest BCUT2D eigenvalue weighted by atomic mass is 35.5. The number of hydrogen-bond donors (Lipinski definition) is 0. The van der Waals surface area contributed by atoms with Crippen LogP contribution in [0.3, 0.4) is 0 Å². The second kappa shape index (κ2) is 8.94. The van der Waals surface area contributed by atoms with Crippen molar-refractivity contribution in [2.45, 2.75) is 12.8 Å². The summed E-state index contributed by atoms with van der Waals surface area (Å²) in [6, 6.07) is 11.7. The van der Waals surface area contributed by atoms with Gasteiger partial charge in [0.05, 0.1) is 14.2 Å². The first-order chi connectivity index (χ1) is 14.6. The molecule has 0 radical (unpaired) electrons. The van der Waals surface area contributed by atoms with Gasteiger partial charge in [0, 0.05) is 41.3 Å². The molecule has 1 aliphatic rings. The molecule has 2 heterocycles. The Hall–Kier alpha value is -2.76. The molecule has 1 aliphatic heterocycles. The Bertz CT molecular complexity index is 1040. The van der Waals surface area contributed by atoms with E-state index in [9.17, 15) is 0 Å². The summed E-state index contributed by atoms with van der Waals surface area (Å²) < 4.78 is 17.0. The van der Waals surface area contributed by atoms with Crippen LogP contribution in [0.2, 0.25) is 5.02 Å². The van der Waals surface area contributed by atoms with E-state index in [1.807, 2.05) is 42.5 Å². The minimum Gasteiger partial charge on any atom is -0.493 e. The molecule has 0 spiro atoms. The molecule has 2 aromatic carbocycles. The van der Waals surface area contributed by atoms with Gasteiger partial charge in [0.15, 0.2) is 17.3 Å². The zero-order chi connectivity index (χ0) is 21.1. The zero-order valence-corrected chi connectivity index (χ0v) is 18.0. The largest absolute Gasteiger partial charge is 0.493 e. The lowest BCUT2D eigenvalue weighted by Gasteiger charge is -2.20. The highest BCUT2D eigenvalue weighted by Gasteiger charge is 2.25. The fourth-order valence-electron chi connectivity index (χ4n) is 3.95. The highest BCUT2D eigenvalue weighted by molar-refractivity contribution is 6.30. The molecule has 0 saturated heterocycles. The van der Waals surface area contributed by atoms with Crippen LogP contribution in [0, 0.1) is 0 Å². The Morgan fingerprint density at radius 1 is 1.10 bits per heavy atom. The van der Waals surface area contributed by atoms with Gasteiger partial charge < -0.3 is 14.0 Å². The molecular formula is C24H25ClN2O3. The van der Waals surface area contributed by atoms with Crippen LogP contribution in [0.15, 0.2) is 53.6 Å². The van der Waals surface area contributed by atoms with E-state index in [1.165, 1.54) is 0 Å². The van der Waals surface area contributed by atoms with Crippen molar-refractivity contribution in [2.75, 3.05) is 33.9 Å². The van der Waals surface area contributed by atoms with Crippen LogP contribution >= 0.6 is 11.6 Å². The fraction of sp³-hybridized carbons (Fsp3) is 0.292. The quantitative estimate of drug-likeness (QED) is 0.522. The first-order valence-electron chi connectivity index (χ1n) is 9.97. The van der Waals surface area contributed by atoms with E-state index in [0.29, 0.717) is 16.5 Å². The smallest absolute Gasteiger partial charge is 0.171 e. The molecule has 0 fully saturated rings. The van der Waals surface area contributed by atoms with Crippen molar-refractivity contribution in [2.24, 2.45) is 0 Å². The van der Waals surface area contributed by atoms with E-state index in [1.54, 1.807) is 14.2 Å². The van der Waals surface area contributed by atoms with E-state index in [-0.39, 0.29) is 0 Å². The summed E-state index contributed by atoms with van der Waals surface area (Å²) in [5.41, 5.74) is 5.06. The maximum absolute atomic E-state index is 6.08. The van der Waals surface area contributed by atoms with Gasteiger partial charge in [-0.1, -0.05) is 35.0 Å². The van der Waals surface area contributed by atoms with Crippen LogP contribution in [0.1, 0.15) is 11.1 Å². The first kappa shape index (κ1) is 20.5. The summed E-state index contributed by atoms with van der Waals surface area (Å²) in [6.45, 7) is 6.56. The van der Waals surface area contributed by atoms with Crippen molar-refractivity contribution in [3.05, 3.63) is 65.2 Å². The average Bonchev–Trinajstić information content (AvgIpc) is 3.20. The maximum atomic E-state index is 6.08. The molecule has 0 saturated carbocycles. The van der Waals surface area contributed by atoms with Gasteiger partial charge in [-0.2, -0.15) is 0 Å². The predicted molar refractivity (Wildman–Crippen MR) is 120 cm³/mol. The summed E-state index contributed by atoms with van der Waals surface area (Å²) >= 11 is 6.08. The van der Waals surface area contributed by atoms with Crippen molar-refractivity contribution >= 4 is 11.6 Å². The van der Waals surface area contributed by atoms with E-state index in [0.717, 1.165) is 66.2 Å². The Kier molecular flexibility index (Phi) is 6.11. The Balaban J connectivity index is 1.88. The molecule has 156 valence electrons. The summed E-state index contributed by atoms with van der Waals surface area (Å²) in [6.07, 6.45) is 3.63. The maximum Gasteiger partial charge on any atom is 0.171 e. The number of ether oxygens (including phenoxy) is 2. The molecule has 0 aliphatic carbocycles. The number of methoxy groups -OCH3 is 2. The number of rotatable bonds is 5. The molecule has 6 heteroatoms. The Morgan fingerprint density at radius 2 is 1.80 bits per heavy atom. The van der Waals surface area contributed by atoms with E-state index in [2.05, 4.69) is 16.6 Å². The second-order valence-corrected chi connectivity index (χ2v) is 7.74. The summed E-state index contributed by atoms with van der Waals surface area (Å²) in [4.78, 5) is 2.39. The second-order valence-electron chi connectivity index (χ2n) is 7.30. The molecule has 0 amide bonds. The number of fused-ring (bicyclic) bond motifs is 3. The lowest BCUT2D eigenvalue weighted by molar-refractivity contribution is 0.311. The van der Waals surface area contributed by atoms with Gasteiger partial charge in [0.2, 0.25) is 0 Å². The summed E-state index contributed by atoms with van der Waals surface area (Å²) in [7, 11) is 3.30. The lowest BCUT2D eigenvalue weighted by Crippen LogP contribution is -2.28.